The fourth-order valence-corrected chi connectivity index (χ4v) is 0.440. The van der Waals surface area contributed by atoms with Gasteiger partial charge in [0.2, 0.25) is 0 Å². The van der Waals surface area contributed by atoms with Gasteiger partial charge in [0, 0.05) is 3.92 Å². The average molecular weight is 250 g/mol. The van der Waals surface area contributed by atoms with Gasteiger partial charge in [-0.15, -0.1) is 0 Å². The molecular weight excluding hydrogens is 241 g/mol. The molecule has 0 aromatic carbocycles. The highest BCUT2D eigenvalue weighted by Crippen LogP contribution is 2.11. The lowest BCUT2D eigenvalue weighted by Gasteiger charge is -2.13. The van der Waals surface area contributed by atoms with Crippen LogP contribution in [0.3, 0.4) is 0 Å². The van der Waals surface area contributed by atoms with E-state index in [-0.39, 0.29) is 10.0 Å². The van der Waals surface area contributed by atoms with Crippen molar-refractivity contribution in [2.24, 2.45) is 0 Å². The van der Waals surface area contributed by atoms with Crippen LogP contribution in [0.5, 0.6) is 0 Å². The molecule has 0 amide bonds. The molecule has 0 aliphatic carbocycles. The van der Waals surface area contributed by atoms with Crippen molar-refractivity contribution in [1.82, 2.24) is 0 Å². The molecule has 0 aromatic rings. The lowest BCUT2D eigenvalue weighted by molar-refractivity contribution is -0.155. The fraction of sp³-hybridized carbons (Fsp3) is 1.00. The van der Waals surface area contributed by atoms with E-state index < -0.39 is 6.61 Å². The Morgan fingerprint density at radius 1 is 1.33 bits per heavy atom. The molecule has 9 heavy (non-hydrogen) atoms. The summed E-state index contributed by atoms with van der Waals surface area (Å²) >= 11 is 2.04. The van der Waals surface area contributed by atoms with Crippen LogP contribution in [0.2, 0.25) is 0 Å². The van der Waals surface area contributed by atoms with Gasteiger partial charge in [-0.05, 0) is 6.92 Å². The van der Waals surface area contributed by atoms with Crippen molar-refractivity contribution in [2.45, 2.75) is 30.5 Å². The maximum atomic E-state index is 11.4. The van der Waals surface area contributed by atoms with Crippen LogP contribution in [0.15, 0.2) is 0 Å². The summed E-state index contributed by atoms with van der Waals surface area (Å²) in [5, 5.41) is 0. The van der Waals surface area contributed by atoms with Gasteiger partial charge < -0.3 is 4.74 Å². The third-order valence-electron chi connectivity index (χ3n) is 0.964. The molecule has 0 rings (SSSR count). The van der Waals surface area contributed by atoms with Gasteiger partial charge in [-0.25, -0.2) is 0 Å². The van der Waals surface area contributed by atoms with E-state index in [0.717, 1.165) is 0 Å². The maximum Gasteiger partial charge on any atom is 0.345 e. The molecule has 2 atom stereocenters. The maximum absolute atomic E-state index is 11.4. The summed E-state index contributed by atoms with van der Waals surface area (Å²) in [7, 11) is 0. The quantitative estimate of drug-likeness (QED) is 0.552. The molecule has 0 spiro atoms. The van der Waals surface area contributed by atoms with E-state index in [2.05, 4.69) is 4.74 Å². The molecule has 0 heterocycles. The van der Waals surface area contributed by atoms with E-state index in [0.29, 0.717) is 0 Å². The Balaban J connectivity index is 3.38. The molecule has 1 unspecified atom stereocenters. The van der Waals surface area contributed by atoms with E-state index in [1.807, 2.05) is 29.5 Å². The number of ether oxygens (including phenoxy) is 1. The molecular formula is C5H9F2IO. The first kappa shape index (κ1) is 9.55. The average Bonchev–Trinajstić information content (AvgIpc) is 1.63. The monoisotopic (exact) mass is 250 g/mol. The van der Waals surface area contributed by atoms with Crippen LogP contribution in [0.25, 0.3) is 0 Å². The molecule has 0 aromatic heterocycles. The minimum atomic E-state index is -2.64. The van der Waals surface area contributed by atoms with Gasteiger partial charge in [-0.2, -0.15) is 8.78 Å². The predicted molar refractivity (Wildman–Crippen MR) is 40.0 cm³/mol. The van der Waals surface area contributed by atoms with Crippen molar-refractivity contribution in [2.75, 3.05) is 0 Å². The van der Waals surface area contributed by atoms with Gasteiger partial charge >= 0.3 is 6.61 Å². The van der Waals surface area contributed by atoms with Crippen molar-refractivity contribution in [3.05, 3.63) is 0 Å². The van der Waals surface area contributed by atoms with Crippen molar-refractivity contribution >= 4 is 22.6 Å². The summed E-state index contributed by atoms with van der Waals surface area (Å²) in [6.07, 6.45) is -0.370. The van der Waals surface area contributed by atoms with Crippen molar-refractivity contribution < 1.29 is 13.5 Å². The molecule has 4 heteroatoms. The highest BCUT2D eigenvalue weighted by atomic mass is 127. The zero-order chi connectivity index (χ0) is 7.44. The van der Waals surface area contributed by atoms with Crippen LogP contribution in [-0.2, 0) is 4.74 Å². The highest BCUT2D eigenvalue weighted by molar-refractivity contribution is 14.1. The summed E-state index contributed by atoms with van der Waals surface area (Å²) in [4.78, 5) is 0. The van der Waals surface area contributed by atoms with Gasteiger partial charge in [-0.3, -0.25) is 0 Å². The second-order valence-electron chi connectivity index (χ2n) is 1.78. The first-order valence-corrected chi connectivity index (χ1v) is 3.86. The van der Waals surface area contributed by atoms with E-state index in [1.165, 1.54) is 0 Å². The largest absolute Gasteiger partial charge is 0.345 e. The number of rotatable bonds is 3. The first-order valence-electron chi connectivity index (χ1n) is 2.61. The molecule has 0 bridgehead atoms. The molecule has 0 N–H and O–H groups in total. The van der Waals surface area contributed by atoms with Gasteiger partial charge in [0.05, 0.1) is 6.10 Å². The van der Waals surface area contributed by atoms with Crippen LogP contribution < -0.4 is 0 Å². The van der Waals surface area contributed by atoms with Crippen molar-refractivity contribution in [1.29, 1.82) is 0 Å². The summed E-state index contributed by atoms with van der Waals surface area (Å²) in [6, 6.07) is 0. The number of alkyl halides is 3. The Labute approximate surface area is 66.9 Å². The van der Waals surface area contributed by atoms with Crippen LogP contribution in [-0.4, -0.2) is 16.6 Å². The lowest BCUT2D eigenvalue weighted by Crippen LogP contribution is -2.20. The van der Waals surface area contributed by atoms with Crippen molar-refractivity contribution in [3.63, 3.8) is 0 Å². The Bertz CT molecular complexity index is 77.4. The predicted octanol–water partition coefficient (Wildman–Crippen LogP) is 2.44. The minimum Gasteiger partial charge on any atom is -0.319 e. The van der Waals surface area contributed by atoms with E-state index in [4.69, 9.17) is 0 Å². The fourth-order valence-electron chi connectivity index (χ4n) is 0.271. The first-order chi connectivity index (χ1) is 4.04. The van der Waals surface area contributed by atoms with Gasteiger partial charge in [0.25, 0.3) is 0 Å². The van der Waals surface area contributed by atoms with Crippen LogP contribution in [0.4, 0.5) is 8.78 Å². The topological polar surface area (TPSA) is 9.23 Å². The summed E-state index contributed by atoms with van der Waals surface area (Å²) in [5.41, 5.74) is 0. The third kappa shape index (κ3) is 5.02. The summed E-state index contributed by atoms with van der Waals surface area (Å²) < 4.78 is 27.1. The minimum absolute atomic E-state index is 0.122. The molecule has 0 aliphatic rings. The molecule has 56 valence electrons. The molecule has 1 nitrogen and oxygen atoms in total. The zero-order valence-electron chi connectivity index (χ0n) is 5.27. The number of halogens is 3. The van der Waals surface area contributed by atoms with Crippen LogP contribution in [0.1, 0.15) is 13.8 Å². The van der Waals surface area contributed by atoms with Crippen LogP contribution >= 0.6 is 22.6 Å². The standard InChI is InChI=1S/C5H9F2IO/c1-3(8)4(2)9-5(6)7/h3-5H,1-2H3/t3-,4?/m0/s1. The third-order valence-corrected chi connectivity index (χ3v) is 1.98. The second-order valence-corrected chi connectivity index (χ2v) is 3.74. The summed E-state index contributed by atoms with van der Waals surface area (Å²) in [5.74, 6) is 0. The van der Waals surface area contributed by atoms with E-state index in [1.54, 1.807) is 6.92 Å². The van der Waals surface area contributed by atoms with Crippen LogP contribution in [0, 0.1) is 0 Å². The second kappa shape index (κ2) is 4.38. The van der Waals surface area contributed by atoms with E-state index in [9.17, 15) is 8.78 Å². The summed E-state index contributed by atoms with van der Waals surface area (Å²) in [6.45, 7) is 0.814. The lowest BCUT2D eigenvalue weighted by atomic mass is 10.3. The molecule has 0 saturated carbocycles. The molecule has 0 radical (unpaired) electrons. The molecule has 0 aliphatic heterocycles. The molecule has 0 saturated heterocycles. The van der Waals surface area contributed by atoms with Gasteiger partial charge in [0.1, 0.15) is 0 Å². The van der Waals surface area contributed by atoms with Crippen molar-refractivity contribution in [3.8, 4) is 0 Å². The Morgan fingerprint density at radius 3 is 1.89 bits per heavy atom. The highest BCUT2D eigenvalue weighted by Gasteiger charge is 2.13. The number of hydrogen-bond donors (Lipinski definition) is 0. The Kier molecular flexibility index (Phi) is 4.65. The Hall–Kier alpha value is 0.550. The number of hydrogen-bond acceptors (Lipinski definition) is 1. The SMILES string of the molecule is CC(OC(F)F)[C@H](C)I. The Morgan fingerprint density at radius 2 is 1.78 bits per heavy atom. The van der Waals surface area contributed by atoms with Gasteiger partial charge in [0.15, 0.2) is 0 Å². The molecule has 0 fully saturated rings. The smallest absolute Gasteiger partial charge is 0.319 e. The van der Waals surface area contributed by atoms with E-state index >= 15 is 0 Å². The van der Waals surface area contributed by atoms with Gasteiger partial charge in [-0.1, -0.05) is 29.5 Å². The normalized spacial score (nSPS) is 18.0. The zero-order valence-corrected chi connectivity index (χ0v) is 7.43.